The Labute approximate surface area is 180 Å². The van der Waals surface area contributed by atoms with Gasteiger partial charge >= 0.3 is 11.9 Å². The van der Waals surface area contributed by atoms with Gasteiger partial charge in [-0.25, -0.2) is 4.79 Å². The van der Waals surface area contributed by atoms with E-state index in [4.69, 9.17) is 4.74 Å². The van der Waals surface area contributed by atoms with Gasteiger partial charge in [-0.15, -0.1) is 0 Å². The Hall–Kier alpha value is -3.43. The lowest BCUT2D eigenvalue weighted by Crippen LogP contribution is -2.63. The molecule has 10 heteroatoms. The van der Waals surface area contributed by atoms with Gasteiger partial charge < -0.3 is 25.4 Å². The maximum Gasteiger partial charge on any atom is 0.328 e. The standard InChI is InChI=1S/C21H27N3O7/c1-12(9-17(26)30-2)18(21(29)31-3)24-16(25)11-15-20(28)22-14(19(27)23-15)10-13-7-5-4-6-8-13/h4-8,12,14-15,18H,9-11H2,1-3H3,(H,22,28)(H,23,27)(H,24,25)/t12-,14-,15-,18+/m0/s1. The number of rotatable bonds is 9. The fraction of sp³-hybridized carbons (Fsp3) is 0.476. The second-order valence-corrected chi connectivity index (χ2v) is 7.34. The van der Waals surface area contributed by atoms with Crippen LogP contribution < -0.4 is 16.0 Å². The van der Waals surface area contributed by atoms with Gasteiger partial charge in [-0.3, -0.25) is 19.2 Å². The highest BCUT2D eigenvalue weighted by atomic mass is 16.5. The average molecular weight is 433 g/mol. The number of carbonyl (C=O) groups is 5. The van der Waals surface area contributed by atoms with Crippen molar-refractivity contribution in [3.63, 3.8) is 0 Å². The van der Waals surface area contributed by atoms with Crippen LogP contribution in [0.15, 0.2) is 30.3 Å². The van der Waals surface area contributed by atoms with Crippen LogP contribution in [0, 0.1) is 5.92 Å². The fourth-order valence-electron chi connectivity index (χ4n) is 3.26. The van der Waals surface area contributed by atoms with Crippen LogP contribution in [-0.4, -0.2) is 62.0 Å². The zero-order chi connectivity index (χ0) is 23.0. The molecule has 1 aliphatic rings. The van der Waals surface area contributed by atoms with Gasteiger partial charge in [0.25, 0.3) is 0 Å². The summed E-state index contributed by atoms with van der Waals surface area (Å²) in [5.74, 6) is -3.41. The number of hydrogen-bond acceptors (Lipinski definition) is 7. The second-order valence-electron chi connectivity index (χ2n) is 7.34. The summed E-state index contributed by atoms with van der Waals surface area (Å²) in [5, 5.41) is 7.66. The summed E-state index contributed by atoms with van der Waals surface area (Å²) in [6.07, 6.45) is -0.154. The van der Waals surface area contributed by atoms with Crippen molar-refractivity contribution in [3.05, 3.63) is 35.9 Å². The normalized spacial score (nSPS) is 20.0. The van der Waals surface area contributed by atoms with Crippen LogP contribution in [0.4, 0.5) is 0 Å². The Morgan fingerprint density at radius 2 is 1.61 bits per heavy atom. The first-order chi connectivity index (χ1) is 14.7. The molecule has 10 nitrogen and oxygen atoms in total. The molecule has 0 saturated carbocycles. The Morgan fingerprint density at radius 3 is 2.23 bits per heavy atom. The third-order valence-electron chi connectivity index (χ3n) is 5.00. The number of ether oxygens (including phenoxy) is 2. The molecule has 1 aliphatic heterocycles. The fourth-order valence-corrected chi connectivity index (χ4v) is 3.26. The molecule has 31 heavy (non-hydrogen) atoms. The van der Waals surface area contributed by atoms with Gasteiger partial charge in [0.2, 0.25) is 17.7 Å². The number of piperazine rings is 1. The van der Waals surface area contributed by atoms with Gasteiger partial charge in [0.1, 0.15) is 18.1 Å². The summed E-state index contributed by atoms with van der Waals surface area (Å²) in [6, 6.07) is 6.30. The van der Waals surface area contributed by atoms with Crippen LogP contribution in [0.1, 0.15) is 25.3 Å². The number of amides is 3. The number of esters is 2. The van der Waals surface area contributed by atoms with Crippen LogP contribution >= 0.6 is 0 Å². The van der Waals surface area contributed by atoms with Crippen molar-refractivity contribution in [3.8, 4) is 0 Å². The second kappa shape index (κ2) is 11.1. The third kappa shape index (κ3) is 6.80. The first kappa shape index (κ1) is 23.8. The quantitative estimate of drug-likeness (QED) is 0.444. The van der Waals surface area contributed by atoms with Gasteiger partial charge in [0.05, 0.1) is 27.1 Å². The molecule has 1 heterocycles. The summed E-state index contributed by atoms with van der Waals surface area (Å²) in [5.41, 5.74) is 0.889. The van der Waals surface area contributed by atoms with E-state index in [1.165, 1.54) is 7.11 Å². The van der Waals surface area contributed by atoms with Crippen LogP contribution in [-0.2, 0) is 39.9 Å². The summed E-state index contributed by atoms with van der Waals surface area (Å²) in [7, 11) is 2.38. The SMILES string of the molecule is COC(=O)C[C@H](C)[C@@H](NC(=O)C[C@@H]1NC(=O)[C@H](Cc2ccccc2)NC1=O)C(=O)OC. The summed E-state index contributed by atoms with van der Waals surface area (Å²) < 4.78 is 9.28. The molecule has 0 aromatic heterocycles. The van der Waals surface area contributed by atoms with E-state index in [0.717, 1.165) is 12.7 Å². The highest BCUT2D eigenvalue weighted by Crippen LogP contribution is 2.13. The van der Waals surface area contributed by atoms with Crippen LogP contribution in [0.25, 0.3) is 0 Å². The minimum atomic E-state index is -1.11. The van der Waals surface area contributed by atoms with E-state index >= 15 is 0 Å². The molecular weight excluding hydrogens is 406 g/mol. The molecule has 3 amide bonds. The maximum absolute atomic E-state index is 12.5. The third-order valence-corrected chi connectivity index (χ3v) is 5.00. The molecule has 0 spiro atoms. The Morgan fingerprint density at radius 1 is 1.00 bits per heavy atom. The van der Waals surface area contributed by atoms with Gasteiger partial charge in [-0.2, -0.15) is 0 Å². The zero-order valence-corrected chi connectivity index (χ0v) is 17.7. The molecule has 1 fully saturated rings. The van der Waals surface area contributed by atoms with Crippen molar-refractivity contribution < 1.29 is 33.4 Å². The molecule has 0 aliphatic carbocycles. The van der Waals surface area contributed by atoms with E-state index in [1.54, 1.807) is 6.92 Å². The topological polar surface area (TPSA) is 140 Å². The van der Waals surface area contributed by atoms with E-state index in [0.29, 0.717) is 6.42 Å². The van der Waals surface area contributed by atoms with Gasteiger partial charge in [0, 0.05) is 6.42 Å². The summed E-state index contributed by atoms with van der Waals surface area (Å²) in [6.45, 7) is 1.59. The minimum Gasteiger partial charge on any atom is -0.469 e. The first-order valence-electron chi connectivity index (χ1n) is 9.83. The molecule has 2 rings (SSSR count). The molecule has 0 bridgehead atoms. The molecular formula is C21H27N3O7. The van der Waals surface area contributed by atoms with E-state index in [2.05, 4.69) is 20.7 Å². The highest BCUT2D eigenvalue weighted by Gasteiger charge is 2.36. The predicted octanol–water partition coefficient (Wildman–Crippen LogP) is -0.541. The average Bonchev–Trinajstić information content (AvgIpc) is 2.75. The van der Waals surface area contributed by atoms with E-state index < -0.39 is 53.7 Å². The molecule has 1 aromatic carbocycles. The van der Waals surface area contributed by atoms with Crippen molar-refractivity contribution in [1.29, 1.82) is 0 Å². The molecule has 1 saturated heterocycles. The molecule has 1 aromatic rings. The van der Waals surface area contributed by atoms with Crippen molar-refractivity contribution in [2.45, 2.75) is 44.3 Å². The van der Waals surface area contributed by atoms with Gasteiger partial charge in [-0.1, -0.05) is 37.3 Å². The Balaban J connectivity index is 1.95. The Kier molecular flexibility index (Phi) is 8.53. The van der Waals surface area contributed by atoms with E-state index in [1.807, 2.05) is 30.3 Å². The van der Waals surface area contributed by atoms with Crippen LogP contribution in [0.5, 0.6) is 0 Å². The number of nitrogens with one attached hydrogen (secondary N) is 3. The monoisotopic (exact) mass is 433 g/mol. The maximum atomic E-state index is 12.5. The number of carbonyl (C=O) groups excluding carboxylic acids is 5. The molecule has 168 valence electrons. The van der Waals surface area contributed by atoms with Crippen molar-refractivity contribution in [2.24, 2.45) is 5.92 Å². The van der Waals surface area contributed by atoms with E-state index in [-0.39, 0.29) is 12.8 Å². The first-order valence-corrected chi connectivity index (χ1v) is 9.83. The Bertz CT molecular complexity index is 828. The molecule has 4 atom stereocenters. The largest absolute Gasteiger partial charge is 0.469 e. The molecule has 0 unspecified atom stereocenters. The van der Waals surface area contributed by atoms with E-state index in [9.17, 15) is 24.0 Å². The number of hydrogen-bond donors (Lipinski definition) is 3. The number of benzene rings is 1. The highest BCUT2D eigenvalue weighted by molar-refractivity contribution is 5.99. The molecule has 3 N–H and O–H groups in total. The van der Waals surface area contributed by atoms with Crippen LogP contribution in [0.2, 0.25) is 0 Å². The smallest absolute Gasteiger partial charge is 0.328 e. The summed E-state index contributed by atoms with van der Waals surface area (Å²) in [4.78, 5) is 60.8. The van der Waals surface area contributed by atoms with Gasteiger partial charge in [0.15, 0.2) is 0 Å². The van der Waals surface area contributed by atoms with Gasteiger partial charge in [-0.05, 0) is 11.5 Å². The van der Waals surface area contributed by atoms with Crippen molar-refractivity contribution in [2.75, 3.05) is 14.2 Å². The zero-order valence-electron chi connectivity index (χ0n) is 17.7. The molecule has 0 radical (unpaired) electrons. The predicted molar refractivity (Wildman–Crippen MR) is 108 cm³/mol. The lowest BCUT2D eigenvalue weighted by Gasteiger charge is -2.30. The lowest BCUT2D eigenvalue weighted by atomic mass is 9.97. The van der Waals surface area contributed by atoms with Crippen LogP contribution in [0.3, 0.4) is 0 Å². The van der Waals surface area contributed by atoms with Crippen molar-refractivity contribution >= 4 is 29.7 Å². The van der Waals surface area contributed by atoms with Crippen molar-refractivity contribution in [1.82, 2.24) is 16.0 Å². The summed E-state index contributed by atoms with van der Waals surface area (Å²) >= 11 is 0. The lowest BCUT2D eigenvalue weighted by molar-refractivity contribution is -0.148. The number of methoxy groups -OCH3 is 2. The minimum absolute atomic E-state index is 0.113.